The van der Waals surface area contributed by atoms with Crippen molar-refractivity contribution in [1.29, 1.82) is 0 Å². The molecule has 1 fully saturated rings. The molecule has 1 aliphatic rings. The number of halogens is 1. The van der Waals surface area contributed by atoms with E-state index in [4.69, 9.17) is 4.74 Å². The molecule has 2 aromatic carbocycles. The van der Waals surface area contributed by atoms with Crippen molar-refractivity contribution in [3.8, 4) is 5.75 Å². The molecule has 2 aromatic rings. The number of anilines is 2. The third kappa shape index (κ3) is 5.35. The number of hydrogen-bond acceptors (Lipinski definition) is 3. The molecule has 0 bridgehead atoms. The van der Waals surface area contributed by atoms with Crippen LogP contribution in [0.4, 0.5) is 11.4 Å². The number of unbranched alkanes of at least 4 members (excludes halogenated alkanes) is 1. The van der Waals surface area contributed by atoms with Crippen molar-refractivity contribution in [2.24, 2.45) is 5.92 Å². The van der Waals surface area contributed by atoms with Crippen molar-refractivity contribution < 1.29 is 14.3 Å². The van der Waals surface area contributed by atoms with E-state index in [0.29, 0.717) is 17.9 Å². The molecule has 148 valence electrons. The monoisotopic (exact) mass is 444 g/mol. The summed E-state index contributed by atoms with van der Waals surface area (Å²) in [6, 6.07) is 10.8. The number of hydrogen-bond donors (Lipinski definition) is 2. The molecule has 0 heterocycles. The Balaban J connectivity index is 1.67. The van der Waals surface area contributed by atoms with Gasteiger partial charge in [-0.2, -0.15) is 0 Å². The van der Waals surface area contributed by atoms with Crippen LogP contribution in [0.25, 0.3) is 0 Å². The second kappa shape index (κ2) is 9.24. The number of ether oxygens (including phenoxy) is 1. The Morgan fingerprint density at radius 2 is 1.93 bits per heavy atom. The first-order valence-electron chi connectivity index (χ1n) is 9.63. The van der Waals surface area contributed by atoms with Crippen LogP contribution in [0.1, 0.15) is 48.5 Å². The van der Waals surface area contributed by atoms with Gasteiger partial charge in [0.15, 0.2) is 0 Å². The van der Waals surface area contributed by atoms with Crippen LogP contribution < -0.4 is 15.4 Å². The van der Waals surface area contributed by atoms with E-state index in [1.807, 2.05) is 19.1 Å². The van der Waals surface area contributed by atoms with E-state index in [9.17, 15) is 9.59 Å². The molecule has 0 spiro atoms. The molecular formula is C22H25BrN2O3. The molecule has 0 unspecified atom stereocenters. The highest BCUT2D eigenvalue weighted by Crippen LogP contribution is 2.31. The number of amides is 2. The second-order valence-electron chi connectivity index (χ2n) is 7.09. The van der Waals surface area contributed by atoms with Crippen LogP contribution in [-0.2, 0) is 4.79 Å². The first-order valence-corrected chi connectivity index (χ1v) is 10.4. The van der Waals surface area contributed by atoms with Gasteiger partial charge in [0.1, 0.15) is 5.75 Å². The van der Waals surface area contributed by atoms with Crippen molar-refractivity contribution in [3.63, 3.8) is 0 Å². The van der Waals surface area contributed by atoms with Crippen LogP contribution in [0, 0.1) is 12.8 Å². The minimum atomic E-state index is -0.218. The molecular weight excluding hydrogens is 420 g/mol. The molecule has 0 aromatic heterocycles. The summed E-state index contributed by atoms with van der Waals surface area (Å²) in [4.78, 5) is 24.6. The van der Waals surface area contributed by atoms with Crippen molar-refractivity contribution in [2.45, 2.75) is 39.5 Å². The summed E-state index contributed by atoms with van der Waals surface area (Å²) in [5, 5.41) is 5.84. The number of benzene rings is 2. The fourth-order valence-corrected chi connectivity index (χ4v) is 3.20. The van der Waals surface area contributed by atoms with Gasteiger partial charge in [-0.3, -0.25) is 9.59 Å². The highest BCUT2D eigenvalue weighted by atomic mass is 79.9. The van der Waals surface area contributed by atoms with Gasteiger partial charge in [0, 0.05) is 22.9 Å². The summed E-state index contributed by atoms with van der Waals surface area (Å²) in [7, 11) is 0. The lowest BCUT2D eigenvalue weighted by molar-refractivity contribution is -0.117. The Kier molecular flexibility index (Phi) is 6.73. The average molecular weight is 445 g/mol. The summed E-state index contributed by atoms with van der Waals surface area (Å²) in [6.07, 6.45) is 3.96. The quantitative estimate of drug-likeness (QED) is 0.525. The third-order valence-electron chi connectivity index (χ3n) is 4.65. The average Bonchev–Trinajstić information content (AvgIpc) is 3.51. The highest BCUT2D eigenvalue weighted by molar-refractivity contribution is 9.10. The fourth-order valence-electron chi connectivity index (χ4n) is 2.70. The fraction of sp³-hybridized carbons (Fsp3) is 0.364. The maximum atomic E-state index is 12.6. The first-order chi connectivity index (χ1) is 13.5. The zero-order chi connectivity index (χ0) is 20.1. The van der Waals surface area contributed by atoms with Gasteiger partial charge in [-0.1, -0.05) is 19.4 Å². The van der Waals surface area contributed by atoms with Crippen molar-refractivity contribution in [2.75, 3.05) is 17.2 Å². The largest absolute Gasteiger partial charge is 0.492 e. The highest BCUT2D eigenvalue weighted by Gasteiger charge is 2.29. The summed E-state index contributed by atoms with van der Waals surface area (Å²) in [5.41, 5.74) is 2.86. The molecule has 2 N–H and O–H groups in total. The van der Waals surface area contributed by atoms with E-state index in [-0.39, 0.29) is 17.7 Å². The molecule has 0 atom stereocenters. The van der Waals surface area contributed by atoms with Gasteiger partial charge < -0.3 is 15.4 Å². The third-order valence-corrected chi connectivity index (χ3v) is 5.27. The standard InChI is InChI=1S/C22H25BrN2O3/c1-3-4-11-28-20-10-8-16(12-18(20)23)22(27)24-17-9-5-14(2)19(13-17)25-21(26)15-6-7-15/h5,8-10,12-13,15H,3-4,6-7,11H2,1-2H3,(H,24,27)(H,25,26). The predicted molar refractivity (Wildman–Crippen MR) is 115 cm³/mol. The summed E-state index contributed by atoms with van der Waals surface area (Å²) in [6.45, 7) is 4.70. The molecule has 0 aliphatic heterocycles. The van der Waals surface area contributed by atoms with Crippen molar-refractivity contribution in [3.05, 3.63) is 52.0 Å². The predicted octanol–water partition coefficient (Wildman–Crippen LogP) is 5.54. The lowest BCUT2D eigenvalue weighted by atomic mass is 10.1. The zero-order valence-corrected chi connectivity index (χ0v) is 17.8. The molecule has 5 nitrogen and oxygen atoms in total. The molecule has 0 radical (unpaired) electrons. The van der Waals surface area contributed by atoms with Gasteiger partial charge >= 0.3 is 0 Å². The van der Waals surface area contributed by atoms with Crippen LogP contribution >= 0.6 is 15.9 Å². The minimum Gasteiger partial charge on any atom is -0.492 e. The Labute approximate surface area is 174 Å². The van der Waals surface area contributed by atoms with Crippen LogP contribution in [0.3, 0.4) is 0 Å². The van der Waals surface area contributed by atoms with Gasteiger partial charge in [-0.15, -0.1) is 0 Å². The van der Waals surface area contributed by atoms with Crippen LogP contribution in [0.15, 0.2) is 40.9 Å². The van der Waals surface area contributed by atoms with E-state index in [0.717, 1.165) is 47.2 Å². The second-order valence-corrected chi connectivity index (χ2v) is 7.95. The van der Waals surface area contributed by atoms with Crippen LogP contribution in [0.5, 0.6) is 5.75 Å². The molecule has 0 saturated heterocycles. The molecule has 28 heavy (non-hydrogen) atoms. The number of carbonyl (C=O) groups excluding carboxylic acids is 2. The summed E-state index contributed by atoms with van der Waals surface area (Å²) in [5.74, 6) is 0.691. The lowest BCUT2D eigenvalue weighted by Crippen LogP contribution is -2.15. The SMILES string of the molecule is CCCCOc1ccc(C(=O)Nc2ccc(C)c(NC(=O)C3CC3)c2)cc1Br. The minimum absolute atomic E-state index is 0.0502. The molecule has 1 saturated carbocycles. The zero-order valence-electron chi connectivity index (χ0n) is 16.2. The van der Waals surface area contributed by atoms with Gasteiger partial charge in [0.05, 0.1) is 11.1 Å². The van der Waals surface area contributed by atoms with E-state index in [2.05, 4.69) is 33.5 Å². The number of nitrogens with one attached hydrogen (secondary N) is 2. The summed E-state index contributed by atoms with van der Waals surface area (Å²) < 4.78 is 6.45. The number of aryl methyl sites for hydroxylation is 1. The molecule has 3 rings (SSSR count). The lowest BCUT2D eigenvalue weighted by Gasteiger charge is -2.12. The normalized spacial score (nSPS) is 13.1. The molecule has 2 amide bonds. The van der Waals surface area contributed by atoms with E-state index < -0.39 is 0 Å². The Morgan fingerprint density at radius 3 is 2.61 bits per heavy atom. The Bertz CT molecular complexity index is 878. The Morgan fingerprint density at radius 1 is 1.14 bits per heavy atom. The maximum absolute atomic E-state index is 12.6. The molecule has 1 aliphatic carbocycles. The van der Waals surface area contributed by atoms with Gasteiger partial charge in [0.25, 0.3) is 5.91 Å². The molecule has 6 heteroatoms. The van der Waals surface area contributed by atoms with Crippen molar-refractivity contribution in [1.82, 2.24) is 0 Å². The Hall–Kier alpha value is -2.34. The number of carbonyl (C=O) groups is 2. The first kappa shape index (κ1) is 20.4. The van der Waals surface area contributed by atoms with Crippen LogP contribution in [0.2, 0.25) is 0 Å². The maximum Gasteiger partial charge on any atom is 0.255 e. The van der Waals surface area contributed by atoms with Crippen LogP contribution in [-0.4, -0.2) is 18.4 Å². The smallest absolute Gasteiger partial charge is 0.255 e. The van der Waals surface area contributed by atoms with Gasteiger partial charge in [-0.25, -0.2) is 0 Å². The van der Waals surface area contributed by atoms with E-state index >= 15 is 0 Å². The van der Waals surface area contributed by atoms with E-state index in [1.165, 1.54) is 0 Å². The topological polar surface area (TPSA) is 67.4 Å². The van der Waals surface area contributed by atoms with E-state index in [1.54, 1.807) is 24.3 Å². The van der Waals surface area contributed by atoms with Gasteiger partial charge in [0.2, 0.25) is 5.91 Å². The van der Waals surface area contributed by atoms with Crippen molar-refractivity contribution >= 4 is 39.1 Å². The van der Waals surface area contributed by atoms with Gasteiger partial charge in [-0.05, 0) is 78.0 Å². The number of rotatable bonds is 8. The summed E-state index contributed by atoms with van der Waals surface area (Å²) >= 11 is 3.47.